The first kappa shape index (κ1) is 9.53. The highest BCUT2D eigenvalue weighted by Crippen LogP contribution is 2.34. The summed E-state index contributed by atoms with van der Waals surface area (Å²) >= 11 is 1.20. The van der Waals surface area contributed by atoms with E-state index in [9.17, 15) is 20.2 Å². The zero-order valence-corrected chi connectivity index (χ0v) is 8.06. The molecule has 0 amide bonds. The second-order valence-corrected chi connectivity index (χ2v) is 3.73. The van der Waals surface area contributed by atoms with Crippen molar-refractivity contribution in [3.05, 3.63) is 43.8 Å². The molecule has 0 aliphatic heterocycles. The van der Waals surface area contributed by atoms with Crippen LogP contribution < -0.4 is 0 Å². The largest absolute Gasteiger partial charge is 0.288 e. The molecule has 0 atom stereocenters. The summed E-state index contributed by atoms with van der Waals surface area (Å²) in [4.78, 5) is 20.0. The van der Waals surface area contributed by atoms with E-state index in [-0.39, 0.29) is 11.4 Å². The number of rotatable bonds is 2. The monoisotopic (exact) mass is 224 g/mol. The van der Waals surface area contributed by atoms with E-state index in [1.807, 2.05) is 0 Å². The predicted molar refractivity (Wildman–Crippen MR) is 55.1 cm³/mol. The number of nitro groups is 2. The molecule has 0 bridgehead atoms. The molecule has 0 unspecified atom stereocenters. The van der Waals surface area contributed by atoms with E-state index in [1.165, 1.54) is 34.9 Å². The lowest BCUT2D eigenvalue weighted by molar-refractivity contribution is -0.385. The van der Waals surface area contributed by atoms with E-state index >= 15 is 0 Å². The standard InChI is InChI=1S/C8H4N2O4S/c11-9(12)5-1-2-8-6(3-5)7(4-15-8)10(13)14/h1-4H. The van der Waals surface area contributed by atoms with Crippen LogP contribution in [0.2, 0.25) is 0 Å². The Balaban J connectivity index is 2.72. The minimum Gasteiger partial charge on any atom is -0.258 e. The second kappa shape index (κ2) is 3.28. The Morgan fingerprint density at radius 2 is 1.87 bits per heavy atom. The van der Waals surface area contributed by atoms with Crippen LogP contribution in [0.5, 0.6) is 0 Å². The van der Waals surface area contributed by atoms with Gasteiger partial charge in [-0.05, 0) is 6.07 Å². The number of non-ortho nitro benzene ring substituents is 1. The van der Waals surface area contributed by atoms with Gasteiger partial charge in [-0.1, -0.05) is 0 Å². The van der Waals surface area contributed by atoms with Crippen LogP contribution in [0.1, 0.15) is 0 Å². The van der Waals surface area contributed by atoms with Crippen molar-refractivity contribution >= 4 is 32.8 Å². The van der Waals surface area contributed by atoms with E-state index in [0.29, 0.717) is 10.1 Å². The lowest BCUT2D eigenvalue weighted by Gasteiger charge is -1.91. The highest BCUT2D eigenvalue weighted by atomic mass is 32.1. The fourth-order valence-corrected chi connectivity index (χ4v) is 2.15. The summed E-state index contributed by atoms with van der Waals surface area (Å²) in [6.45, 7) is 0. The fraction of sp³-hybridized carbons (Fsp3) is 0. The van der Waals surface area contributed by atoms with E-state index in [1.54, 1.807) is 0 Å². The normalized spacial score (nSPS) is 10.4. The third-order valence-corrected chi connectivity index (χ3v) is 2.90. The summed E-state index contributed by atoms with van der Waals surface area (Å²) in [6.07, 6.45) is 0. The van der Waals surface area contributed by atoms with Crippen LogP contribution in [0.15, 0.2) is 23.6 Å². The molecule has 0 saturated heterocycles. The molecule has 1 aromatic heterocycles. The second-order valence-electron chi connectivity index (χ2n) is 2.82. The molecular weight excluding hydrogens is 220 g/mol. The van der Waals surface area contributed by atoms with Gasteiger partial charge in [0.2, 0.25) is 0 Å². The summed E-state index contributed by atoms with van der Waals surface area (Å²) in [6, 6.07) is 4.08. The van der Waals surface area contributed by atoms with Crippen molar-refractivity contribution in [2.24, 2.45) is 0 Å². The third kappa shape index (κ3) is 1.52. The Bertz CT molecular complexity index is 563. The van der Waals surface area contributed by atoms with Gasteiger partial charge in [-0.2, -0.15) is 0 Å². The Labute approximate surface area is 87.1 Å². The van der Waals surface area contributed by atoms with Crippen LogP contribution in [-0.4, -0.2) is 9.85 Å². The first-order chi connectivity index (χ1) is 7.09. The Kier molecular flexibility index (Phi) is 2.09. The van der Waals surface area contributed by atoms with Crippen molar-refractivity contribution in [1.29, 1.82) is 0 Å². The van der Waals surface area contributed by atoms with Crippen molar-refractivity contribution in [2.45, 2.75) is 0 Å². The van der Waals surface area contributed by atoms with Crippen molar-refractivity contribution in [3.8, 4) is 0 Å². The summed E-state index contributed by atoms with van der Waals surface area (Å²) in [5.41, 5.74) is -0.220. The number of fused-ring (bicyclic) bond motifs is 1. The molecule has 0 saturated carbocycles. The Hall–Kier alpha value is -2.02. The number of nitro benzene ring substituents is 1. The van der Waals surface area contributed by atoms with Crippen molar-refractivity contribution in [3.63, 3.8) is 0 Å². The maximum Gasteiger partial charge on any atom is 0.288 e. The van der Waals surface area contributed by atoms with Gasteiger partial charge in [0.05, 0.1) is 20.6 Å². The Morgan fingerprint density at radius 1 is 1.13 bits per heavy atom. The van der Waals surface area contributed by atoms with Gasteiger partial charge in [0.25, 0.3) is 11.4 Å². The van der Waals surface area contributed by atoms with Crippen LogP contribution in [0, 0.1) is 20.2 Å². The maximum atomic E-state index is 10.6. The summed E-state index contributed by atoms with van der Waals surface area (Å²) in [7, 11) is 0. The minimum atomic E-state index is -0.569. The molecule has 2 aromatic rings. The molecule has 0 spiro atoms. The molecule has 1 heterocycles. The molecule has 1 aromatic carbocycles. The first-order valence-electron chi connectivity index (χ1n) is 3.89. The molecule has 2 rings (SSSR count). The molecule has 76 valence electrons. The van der Waals surface area contributed by atoms with Crippen molar-refractivity contribution in [1.82, 2.24) is 0 Å². The quantitative estimate of drug-likeness (QED) is 0.579. The molecule has 15 heavy (non-hydrogen) atoms. The van der Waals surface area contributed by atoms with Crippen molar-refractivity contribution < 1.29 is 9.85 Å². The summed E-state index contributed by atoms with van der Waals surface area (Å²) in [5.74, 6) is 0. The first-order valence-corrected chi connectivity index (χ1v) is 4.77. The van der Waals surface area contributed by atoms with Gasteiger partial charge in [-0.3, -0.25) is 20.2 Å². The molecule has 0 fully saturated rings. The molecule has 0 aliphatic carbocycles. The average Bonchev–Trinajstić information content (AvgIpc) is 2.59. The van der Waals surface area contributed by atoms with Gasteiger partial charge in [0.15, 0.2) is 0 Å². The average molecular weight is 224 g/mol. The zero-order chi connectivity index (χ0) is 11.0. The van der Waals surface area contributed by atoms with Gasteiger partial charge < -0.3 is 0 Å². The molecule has 6 nitrogen and oxygen atoms in total. The lowest BCUT2D eigenvalue weighted by Crippen LogP contribution is -1.88. The van der Waals surface area contributed by atoms with E-state index in [2.05, 4.69) is 0 Å². The molecular formula is C8H4N2O4S. The number of hydrogen-bond acceptors (Lipinski definition) is 5. The zero-order valence-electron chi connectivity index (χ0n) is 7.25. The van der Waals surface area contributed by atoms with Crippen LogP contribution in [0.4, 0.5) is 11.4 Å². The van der Waals surface area contributed by atoms with Gasteiger partial charge >= 0.3 is 0 Å². The fourth-order valence-electron chi connectivity index (χ4n) is 1.26. The van der Waals surface area contributed by atoms with Crippen LogP contribution in [0.25, 0.3) is 10.1 Å². The van der Waals surface area contributed by atoms with Crippen LogP contribution in [0.3, 0.4) is 0 Å². The van der Waals surface area contributed by atoms with E-state index in [0.717, 1.165) is 0 Å². The molecule has 0 aliphatic rings. The van der Waals surface area contributed by atoms with Crippen LogP contribution in [-0.2, 0) is 0 Å². The Morgan fingerprint density at radius 3 is 2.47 bits per heavy atom. The highest BCUT2D eigenvalue weighted by Gasteiger charge is 2.17. The number of benzene rings is 1. The predicted octanol–water partition coefficient (Wildman–Crippen LogP) is 2.72. The SMILES string of the molecule is O=[N+]([O-])c1ccc2scc([N+](=O)[O-])c2c1. The number of nitrogens with zero attached hydrogens (tertiary/aromatic N) is 2. The van der Waals surface area contributed by atoms with Gasteiger partial charge in [-0.25, -0.2) is 0 Å². The third-order valence-electron chi connectivity index (χ3n) is 1.94. The van der Waals surface area contributed by atoms with Crippen LogP contribution >= 0.6 is 11.3 Å². The molecule has 0 radical (unpaired) electrons. The van der Waals surface area contributed by atoms with Gasteiger partial charge in [0, 0.05) is 16.8 Å². The lowest BCUT2D eigenvalue weighted by atomic mass is 10.2. The topological polar surface area (TPSA) is 86.3 Å². The van der Waals surface area contributed by atoms with Gasteiger partial charge in [0.1, 0.15) is 0 Å². The smallest absolute Gasteiger partial charge is 0.258 e. The van der Waals surface area contributed by atoms with Crippen molar-refractivity contribution in [2.75, 3.05) is 0 Å². The van der Waals surface area contributed by atoms with Gasteiger partial charge in [-0.15, -0.1) is 11.3 Å². The summed E-state index contributed by atoms with van der Waals surface area (Å²) < 4.78 is 0.673. The van der Waals surface area contributed by atoms with E-state index < -0.39 is 9.85 Å². The minimum absolute atomic E-state index is 0.0845. The van der Waals surface area contributed by atoms with E-state index in [4.69, 9.17) is 0 Å². The number of thiophene rings is 1. The summed E-state index contributed by atoms with van der Waals surface area (Å²) in [5, 5.41) is 22.8. The molecule has 0 N–H and O–H groups in total. The molecule has 7 heteroatoms. The maximum absolute atomic E-state index is 10.6. The number of hydrogen-bond donors (Lipinski definition) is 0. The highest BCUT2D eigenvalue weighted by molar-refractivity contribution is 7.17.